The second kappa shape index (κ2) is 15.5. The smallest absolute Gasteiger partial charge is 0.253 e. The molecular formula is C36H44N4O6S. The number of aromatic nitrogens is 1. The molecule has 3 aromatic carbocycles. The third kappa shape index (κ3) is 9.37. The first-order valence-corrected chi connectivity index (χ1v) is 17.1. The molecule has 0 aliphatic heterocycles. The Morgan fingerprint density at radius 1 is 0.936 bits per heavy atom. The molecule has 2 atom stereocenters. The van der Waals surface area contributed by atoms with Crippen molar-refractivity contribution in [3.63, 3.8) is 0 Å². The Morgan fingerprint density at radius 2 is 1.60 bits per heavy atom. The second-order valence-corrected chi connectivity index (χ2v) is 14.3. The largest absolute Gasteiger partial charge is 0.446 e. The number of anilines is 1. The molecule has 4 aromatic rings. The molecule has 47 heavy (non-hydrogen) atoms. The summed E-state index contributed by atoms with van der Waals surface area (Å²) in [5, 5.41) is 11.6. The maximum atomic E-state index is 13.7. The molecule has 250 valence electrons. The van der Waals surface area contributed by atoms with Crippen molar-refractivity contribution in [2.24, 2.45) is 11.8 Å². The van der Waals surface area contributed by atoms with Crippen LogP contribution in [0.1, 0.15) is 63.9 Å². The fourth-order valence-corrected chi connectivity index (χ4v) is 7.12. The number of carbonyl (C=O) groups excluding carboxylic acids is 2. The quantitative estimate of drug-likeness (QED) is 0.129. The molecule has 0 spiro atoms. The summed E-state index contributed by atoms with van der Waals surface area (Å²) in [4.78, 5) is 33.0. The van der Waals surface area contributed by atoms with Crippen LogP contribution in [-0.2, 0) is 23.0 Å². The number of nitrogens with zero attached hydrogens (tertiary/aromatic N) is 3. The molecule has 0 radical (unpaired) electrons. The molecule has 0 aliphatic rings. The van der Waals surface area contributed by atoms with Gasteiger partial charge in [-0.2, -0.15) is 4.31 Å². The zero-order valence-corrected chi connectivity index (χ0v) is 28.4. The van der Waals surface area contributed by atoms with Gasteiger partial charge in [0.15, 0.2) is 11.7 Å². The van der Waals surface area contributed by atoms with Gasteiger partial charge in [0.05, 0.1) is 17.5 Å². The van der Waals surface area contributed by atoms with Crippen LogP contribution in [0.2, 0.25) is 0 Å². The molecule has 0 bridgehead atoms. The number of hydrogen-bond acceptors (Lipinski definition) is 8. The summed E-state index contributed by atoms with van der Waals surface area (Å²) >= 11 is 0. The number of ketones is 1. The summed E-state index contributed by atoms with van der Waals surface area (Å²) < 4.78 is 34.1. The standard InChI is InChI=1S/C36H44N4O6S/c1-24(2)21-40(47(44,45)32-16-14-31(37)15-17-32)23-35(42)30(18-27-10-7-6-8-11-27)20-34(41)28-12-9-13-29(19-28)36(43)39(5)22-33-25(3)46-26(4)38-33/h6-17,19,24,30,35,42H,18,20-23,37H2,1-5H3/t30-,35-/m1/s1. The highest BCUT2D eigenvalue weighted by Crippen LogP contribution is 2.25. The summed E-state index contributed by atoms with van der Waals surface area (Å²) in [7, 11) is -2.30. The molecule has 0 saturated carbocycles. The fourth-order valence-electron chi connectivity index (χ4n) is 5.50. The van der Waals surface area contributed by atoms with Gasteiger partial charge in [-0.05, 0) is 67.1 Å². The third-order valence-electron chi connectivity index (χ3n) is 7.97. The maximum Gasteiger partial charge on any atom is 0.253 e. The van der Waals surface area contributed by atoms with E-state index in [1.807, 2.05) is 44.2 Å². The Morgan fingerprint density at radius 3 is 2.21 bits per heavy atom. The molecule has 3 N–H and O–H groups in total. The van der Waals surface area contributed by atoms with Crippen molar-refractivity contribution in [2.75, 3.05) is 25.9 Å². The number of hydrogen-bond donors (Lipinski definition) is 2. The summed E-state index contributed by atoms with van der Waals surface area (Å²) in [6, 6.07) is 21.9. The molecule has 1 heterocycles. The lowest BCUT2D eigenvalue weighted by Gasteiger charge is -2.30. The second-order valence-electron chi connectivity index (χ2n) is 12.4. The minimum absolute atomic E-state index is 0.0180. The molecule has 1 amide bonds. The maximum absolute atomic E-state index is 13.7. The molecule has 1 aromatic heterocycles. The first kappa shape index (κ1) is 35.5. The van der Waals surface area contributed by atoms with Gasteiger partial charge >= 0.3 is 0 Å². The first-order valence-electron chi connectivity index (χ1n) is 15.6. The van der Waals surface area contributed by atoms with Crippen LogP contribution in [0.4, 0.5) is 5.69 Å². The number of nitrogens with two attached hydrogens (primary N) is 1. The van der Waals surface area contributed by atoms with Gasteiger partial charge in [-0.1, -0.05) is 56.3 Å². The molecule has 0 fully saturated rings. The zero-order chi connectivity index (χ0) is 34.3. The minimum Gasteiger partial charge on any atom is -0.446 e. The molecule has 10 nitrogen and oxygen atoms in total. The van der Waals surface area contributed by atoms with Crippen molar-refractivity contribution in [2.45, 2.75) is 58.1 Å². The number of rotatable bonds is 15. The highest BCUT2D eigenvalue weighted by atomic mass is 32.2. The van der Waals surface area contributed by atoms with E-state index in [0.717, 1.165) is 5.56 Å². The van der Waals surface area contributed by atoms with Crippen molar-refractivity contribution in [3.05, 3.63) is 113 Å². The van der Waals surface area contributed by atoms with E-state index in [2.05, 4.69) is 4.98 Å². The van der Waals surface area contributed by atoms with Gasteiger partial charge < -0.3 is 20.2 Å². The van der Waals surface area contributed by atoms with E-state index >= 15 is 0 Å². The molecule has 0 saturated heterocycles. The monoisotopic (exact) mass is 660 g/mol. The van der Waals surface area contributed by atoms with Crippen LogP contribution in [-0.4, -0.2) is 65.6 Å². The van der Waals surface area contributed by atoms with Crippen molar-refractivity contribution >= 4 is 27.4 Å². The lowest BCUT2D eigenvalue weighted by Crippen LogP contribution is -2.43. The lowest BCUT2D eigenvalue weighted by molar-refractivity contribution is 0.0689. The SMILES string of the molecule is Cc1nc(CN(C)C(=O)c2cccc(C(=O)C[C@@H](Cc3ccccc3)[C@H](O)CN(CC(C)C)S(=O)(=O)c3ccc(N)cc3)c2)c(C)o1. The fraction of sp³-hybridized carbons (Fsp3) is 0.361. The number of nitrogen functional groups attached to an aromatic ring is 1. The molecule has 11 heteroatoms. The van der Waals surface area contributed by atoms with Gasteiger partial charge in [-0.25, -0.2) is 13.4 Å². The summed E-state index contributed by atoms with van der Waals surface area (Å²) in [5.41, 5.74) is 8.47. The van der Waals surface area contributed by atoms with E-state index in [0.29, 0.717) is 40.6 Å². The van der Waals surface area contributed by atoms with E-state index < -0.39 is 22.0 Å². The summed E-state index contributed by atoms with van der Waals surface area (Å²) in [5.74, 6) is -0.00676. The third-order valence-corrected chi connectivity index (χ3v) is 9.82. The van der Waals surface area contributed by atoms with Gasteiger partial charge in [0.25, 0.3) is 5.91 Å². The highest BCUT2D eigenvalue weighted by Gasteiger charge is 2.32. The van der Waals surface area contributed by atoms with Crippen LogP contribution in [0, 0.1) is 25.7 Å². The highest BCUT2D eigenvalue weighted by molar-refractivity contribution is 7.89. The average molecular weight is 661 g/mol. The van der Waals surface area contributed by atoms with Crippen molar-refractivity contribution in [3.8, 4) is 0 Å². The number of amides is 1. The topological polar surface area (TPSA) is 147 Å². The number of benzene rings is 3. The van der Waals surface area contributed by atoms with E-state index in [1.165, 1.54) is 33.5 Å². The minimum atomic E-state index is -3.96. The van der Waals surface area contributed by atoms with E-state index in [4.69, 9.17) is 10.2 Å². The Labute approximate surface area is 277 Å². The predicted molar refractivity (Wildman–Crippen MR) is 181 cm³/mol. The Hall–Kier alpha value is -4.32. The van der Waals surface area contributed by atoms with Gasteiger partial charge in [0.1, 0.15) is 11.5 Å². The van der Waals surface area contributed by atoms with Crippen LogP contribution >= 0.6 is 0 Å². The van der Waals surface area contributed by atoms with Crippen molar-refractivity contribution in [1.29, 1.82) is 0 Å². The number of sulfonamides is 1. The van der Waals surface area contributed by atoms with E-state index in [1.54, 1.807) is 45.2 Å². The molecular weight excluding hydrogens is 616 g/mol. The van der Waals surface area contributed by atoms with Gasteiger partial charge in [-0.15, -0.1) is 0 Å². The molecule has 4 rings (SSSR count). The number of carbonyl (C=O) groups is 2. The van der Waals surface area contributed by atoms with Crippen molar-refractivity contribution < 1.29 is 27.5 Å². The zero-order valence-electron chi connectivity index (χ0n) is 27.6. The van der Waals surface area contributed by atoms with Crippen LogP contribution in [0.15, 0.2) is 88.2 Å². The number of oxazole rings is 1. The van der Waals surface area contributed by atoms with Gasteiger partial charge in [0.2, 0.25) is 10.0 Å². The first-order chi connectivity index (χ1) is 22.2. The van der Waals surface area contributed by atoms with Crippen LogP contribution in [0.25, 0.3) is 0 Å². The van der Waals surface area contributed by atoms with E-state index in [9.17, 15) is 23.1 Å². The van der Waals surface area contributed by atoms with Gasteiger partial charge in [0, 0.05) is 50.3 Å². The average Bonchev–Trinajstić information content (AvgIpc) is 3.35. The number of aliphatic hydroxyl groups is 1. The number of aryl methyl sites for hydroxylation is 2. The van der Waals surface area contributed by atoms with E-state index in [-0.39, 0.29) is 48.6 Å². The Kier molecular flexibility index (Phi) is 11.7. The number of aliphatic hydroxyl groups excluding tert-OH is 1. The Bertz CT molecular complexity index is 1770. The molecule has 0 aliphatic carbocycles. The van der Waals surface area contributed by atoms with Crippen LogP contribution in [0.3, 0.4) is 0 Å². The van der Waals surface area contributed by atoms with Gasteiger partial charge in [-0.3, -0.25) is 9.59 Å². The summed E-state index contributed by atoms with van der Waals surface area (Å²) in [6.07, 6.45) is -0.868. The molecule has 0 unspecified atom stereocenters. The van der Waals surface area contributed by atoms with Crippen molar-refractivity contribution in [1.82, 2.24) is 14.2 Å². The normalized spacial score (nSPS) is 13.1. The predicted octanol–water partition coefficient (Wildman–Crippen LogP) is 5.29. The Balaban J connectivity index is 1.56. The van der Waals surface area contributed by atoms with Crippen LogP contribution < -0.4 is 5.73 Å². The van der Waals surface area contributed by atoms with Crippen LogP contribution in [0.5, 0.6) is 0 Å². The lowest BCUT2D eigenvalue weighted by atomic mass is 9.87. The number of Topliss-reactive ketones (excluding diaryl/α,β-unsaturated/α-hetero) is 1. The summed E-state index contributed by atoms with van der Waals surface area (Å²) in [6.45, 7) is 7.59.